The lowest BCUT2D eigenvalue weighted by Gasteiger charge is -2.30. The van der Waals surface area contributed by atoms with Crippen LogP contribution in [-0.2, 0) is 4.79 Å². The maximum atomic E-state index is 12.3. The highest BCUT2D eigenvalue weighted by atomic mass is 32.1. The summed E-state index contributed by atoms with van der Waals surface area (Å²) in [5, 5.41) is 16.4. The van der Waals surface area contributed by atoms with Gasteiger partial charge < -0.3 is 20.6 Å². The number of rotatable bonds is 4. The van der Waals surface area contributed by atoms with Gasteiger partial charge in [0.2, 0.25) is 0 Å². The van der Waals surface area contributed by atoms with Crippen LogP contribution >= 0.6 is 11.3 Å². The second-order valence-electron chi connectivity index (χ2n) is 6.04. The third-order valence-electron chi connectivity index (χ3n) is 4.25. The van der Waals surface area contributed by atoms with Crippen molar-refractivity contribution in [2.75, 3.05) is 23.7 Å². The van der Waals surface area contributed by atoms with Crippen LogP contribution in [0.4, 0.5) is 16.2 Å². The summed E-state index contributed by atoms with van der Waals surface area (Å²) in [6, 6.07) is 10.2. The van der Waals surface area contributed by atoms with E-state index in [9.17, 15) is 14.4 Å². The molecular formula is C18H19N3O4S. The zero-order valence-electron chi connectivity index (χ0n) is 14.0. The number of carbonyl (C=O) groups excluding carboxylic acids is 2. The standard InChI is InChI=1S/C18H19N3O4S/c22-16(15-5-2-10-26-15)19-13-3-1-4-14(11-13)20-18(25)21-8-6-12(7-9-21)17(23)24/h1-5,10-12H,6-9H2,(H,19,22)(H,20,25)(H,23,24). The van der Waals surface area contributed by atoms with Gasteiger partial charge >= 0.3 is 12.0 Å². The van der Waals surface area contributed by atoms with Crippen molar-refractivity contribution in [3.8, 4) is 0 Å². The first-order valence-electron chi connectivity index (χ1n) is 8.26. The van der Waals surface area contributed by atoms with Crippen LogP contribution in [0.2, 0.25) is 0 Å². The topological polar surface area (TPSA) is 98.7 Å². The Morgan fingerprint density at radius 3 is 2.35 bits per heavy atom. The first-order chi connectivity index (χ1) is 12.5. The number of hydrogen-bond acceptors (Lipinski definition) is 4. The summed E-state index contributed by atoms with van der Waals surface area (Å²) in [4.78, 5) is 37.6. The molecule has 7 nitrogen and oxygen atoms in total. The number of nitrogens with one attached hydrogen (secondary N) is 2. The number of carboxylic acids is 1. The number of likely N-dealkylation sites (tertiary alicyclic amines) is 1. The molecule has 1 aromatic carbocycles. The lowest BCUT2D eigenvalue weighted by Crippen LogP contribution is -2.42. The lowest BCUT2D eigenvalue weighted by molar-refractivity contribution is -0.143. The molecule has 0 atom stereocenters. The van der Waals surface area contributed by atoms with Gasteiger partial charge in [0.15, 0.2) is 0 Å². The van der Waals surface area contributed by atoms with Gasteiger partial charge in [-0.2, -0.15) is 0 Å². The van der Waals surface area contributed by atoms with E-state index in [1.807, 2.05) is 11.4 Å². The van der Waals surface area contributed by atoms with Gasteiger partial charge in [-0.3, -0.25) is 9.59 Å². The van der Waals surface area contributed by atoms with Gasteiger partial charge in [0.25, 0.3) is 5.91 Å². The molecule has 0 unspecified atom stereocenters. The summed E-state index contributed by atoms with van der Waals surface area (Å²) >= 11 is 1.36. The molecular weight excluding hydrogens is 354 g/mol. The quantitative estimate of drug-likeness (QED) is 0.765. The minimum Gasteiger partial charge on any atom is -0.481 e. The van der Waals surface area contributed by atoms with Crippen molar-refractivity contribution >= 4 is 40.6 Å². The van der Waals surface area contributed by atoms with Gasteiger partial charge in [0.05, 0.1) is 10.8 Å². The predicted octanol–water partition coefficient (Wildman–Crippen LogP) is 3.33. The van der Waals surface area contributed by atoms with Crippen molar-refractivity contribution in [1.82, 2.24) is 4.90 Å². The Balaban J connectivity index is 1.57. The molecule has 1 aliphatic heterocycles. The Morgan fingerprint density at radius 2 is 1.73 bits per heavy atom. The fourth-order valence-corrected chi connectivity index (χ4v) is 3.43. The summed E-state index contributed by atoms with van der Waals surface area (Å²) in [5.41, 5.74) is 1.16. The highest BCUT2D eigenvalue weighted by Crippen LogP contribution is 2.20. The molecule has 3 N–H and O–H groups in total. The number of anilines is 2. The van der Waals surface area contributed by atoms with E-state index in [2.05, 4.69) is 10.6 Å². The molecule has 0 saturated carbocycles. The summed E-state index contributed by atoms with van der Waals surface area (Å²) in [7, 11) is 0. The number of nitrogens with zero attached hydrogens (tertiary/aromatic N) is 1. The SMILES string of the molecule is O=C(Nc1cccc(NC(=O)N2CCC(C(=O)O)CC2)c1)c1cccs1. The normalized spacial score (nSPS) is 14.7. The van der Waals surface area contributed by atoms with Crippen molar-refractivity contribution in [3.05, 3.63) is 46.7 Å². The number of thiophene rings is 1. The maximum absolute atomic E-state index is 12.3. The minimum atomic E-state index is -0.806. The molecule has 1 fully saturated rings. The van der Waals surface area contributed by atoms with Crippen molar-refractivity contribution < 1.29 is 19.5 Å². The lowest BCUT2D eigenvalue weighted by atomic mass is 9.97. The smallest absolute Gasteiger partial charge is 0.321 e. The van der Waals surface area contributed by atoms with E-state index >= 15 is 0 Å². The van der Waals surface area contributed by atoms with E-state index in [1.165, 1.54) is 11.3 Å². The van der Waals surface area contributed by atoms with Crippen LogP contribution < -0.4 is 10.6 Å². The number of urea groups is 1. The molecule has 1 aliphatic rings. The minimum absolute atomic E-state index is 0.195. The van der Waals surface area contributed by atoms with E-state index in [-0.39, 0.29) is 17.9 Å². The van der Waals surface area contributed by atoms with E-state index < -0.39 is 5.97 Å². The zero-order valence-corrected chi connectivity index (χ0v) is 14.8. The largest absolute Gasteiger partial charge is 0.481 e. The van der Waals surface area contributed by atoms with Crippen molar-refractivity contribution in [2.45, 2.75) is 12.8 Å². The third kappa shape index (κ3) is 4.40. The highest BCUT2D eigenvalue weighted by molar-refractivity contribution is 7.12. The van der Waals surface area contributed by atoms with Crippen LogP contribution in [0.15, 0.2) is 41.8 Å². The van der Waals surface area contributed by atoms with Gasteiger partial charge in [-0.05, 0) is 42.5 Å². The third-order valence-corrected chi connectivity index (χ3v) is 5.12. The van der Waals surface area contributed by atoms with E-state index in [4.69, 9.17) is 5.11 Å². The van der Waals surface area contributed by atoms with Gasteiger partial charge in [-0.15, -0.1) is 11.3 Å². The van der Waals surface area contributed by atoms with Crippen LogP contribution in [0, 0.1) is 5.92 Å². The highest BCUT2D eigenvalue weighted by Gasteiger charge is 2.26. The molecule has 0 aliphatic carbocycles. The van der Waals surface area contributed by atoms with Gasteiger partial charge in [0.1, 0.15) is 0 Å². The van der Waals surface area contributed by atoms with Crippen LogP contribution in [0.25, 0.3) is 0 Å². The molecule has 3 amide bonds. The molecule has 0 radical (unpaired) electrons. The first-order valence-corrected chi connectivity index (χ1v) is 9.14. The fourth-order valence-electron chi connectivity index (χ4n) is 2.81. The van der Waals surface area contributed by atoms with E-state index in [0.29, 0.717) is 42.2 Å². The second kappa shape index (κ2) is 8.01. The van der Waals surface area contributed by atoms with E-state index in [0.717, 1.165) is 0 Å². The number of amides is 3. The maximum Gasteiger partial charge on any atom is 0.321 e. The van der Waals surface area contributed by atoms with Crippen LogP contribution in [0.5, 0.6) is 0 Å². The zero-order chi connectivity index (χ0) is 18.5. The number of piperidine rings is 1. The number of carbonyl (C=O) groups is 3. The monoisotopic (exact) mass is 373 g/mol. The molecule has 8 heteroatoms. The van der Waals surface area contributed by atoms with Crippen LogP contribution in [0.3, 0.4) is 0 Å². The van der Waals surface area contributed by atoms with Crippen molar-refractivity contribution in [3.63, 3.8) is 0 Å². The summed E-state index contributed by atoms with van der Waals surface area (Å²) in [6.45, 7) is 0.829. The van der Waals surface area contributed by atoms with E-state index in [1.54, 1.807) is 35.2 Å². The Hall–Kier alpha value is -2.87. The number of aliphatic carboxylic acids is 1. The van der Waals surface area contributed by atoms with Gasteiger partial charge in [-0.1, -0.05) is 12.1 Å². The first kappa shape index (κ1) is 17.9. The Kier molecular flexibility index (Phi) is 5.52. The Labute approximate surface area is 154 Å². The molecule has 3 rings (SSSR count). The Morgan fingerprint density at radius 1 is 1.04 bits per heavy atom. The molecule has 1 saturated heterocycles. The van der Waals surface area contributed by atoms with Crippen LogP contribution in [-0.4, -0.2) is 41.0 Å². The predicted molar refractivity (Wildman–Crippen MR) is 99.7 cm³/mol. The van der Waals surface area contributed by atoms with Crippen molar-refractivity contribution in [1.29, 1.82) is 0 Å². The number of benzene rings is 1. The fraction of sp³-hybridized carbons (Fsp3) is 0.278. The van der Waals surface area contributed by atoms with Gasteiger partial charge in [0, 0.05) is 24.5 Å². The number of carboxylic acid groups (broad SMARTS) is 1. The molecule has 1 aromatic heterocycles. The molecule has 0 spiro atoms. The molecule has 26 heavy (non-hydrogen) atoms. The van der Waals surface area contributed by atoms with Crippen LogP contribution in [0.1, 0.15) is 22.5 Å². The Bertz CT molecular complexity index is 799. The van der Waals surface area contributed by atoms with Crippen molar-refractivity contribution in [2.24, 2.45) is 5.92 Å². The summed E-state index contributed by atoms with van der Waals surface area (Å²) in [5.74, 6) is -1.38. The average molecular weight is 373 g/mol. The average Bonchev–Trinajstić information content (AvgIpc) is 3.17. The second-order valence-corrected chi connectivity index (χ2v) is 6.99. The summed E-state index contributed by atoms with van der Waals surface area (Å²) < 4.78 is 0. The molecule has 2 heterocycles. The molecule has 2 aromatic rings. The molecule has 136 valence electrons. The molecule has 0 bridgehead atoms. The number of hydrogen-bond donors (Lipinski definition) is 3. The summed E-state index contributed by atoms with van der Waals surface area (Å²) in [6.07, 6.45) is 0.916. The van der Waals surface area contributed by atoms with Gasteiger partial charge in [-0.25, -0.2) is 4.79 Å².